The first kappa shape index (κ1) is 9.43. The van der Waals surface area contributed by atoms with Gasteiger partial charge in [-0.2, -0.15) is 0 Å². The molecule has 0 radical (unpaired) electrons. The highest BCUT2D eigenvalue weighted by atomic mass is 16.3. The van der Waals surface area contributed by atoms with E-state index in [9.17, 15) is 0 Å². The fourth-order valence-electron chi connectivity index (χ4n) is 2.91. The minimum atomic E-state index is 0.420. The van der Waals surface area contributed by atoms with Gasteiger partial charge in [0.05, 0.1) is 12.5 Å². The molecule has 0 saturated heterocycles. The van der Waals surface area contributed by atoms with E-state index in [2.05, 4.69) is 4.90 Å². The van der Waals surface area contributed by atoms with E-state index >= 15 is 0 Å². The highest BCUT2D eigenvalue weighted by Gasteiger charge is 2.29. The van der Waals surface area contributed by atoms with Gasteiger partial charge in [-0.15, -0.1) is 0 Å². The van der Waals surface area contributed by atoms with Crippen LogP contribution in [0.25, 0.3) is 0 Å². The summed E-state index contributed by atoms with van der Waals surface area (Å²) >= 11 is 0. The fourth-order valence-corrected chi connectivity index (χ4v) is 2.91. The molecule has 2 aliphatic rings. The van der Waals surface area contributed by atoms with Gasteiger partial charge in [0.1, 0.15) is 0 Å². The lowest BCUT2D eigenvalue weighted by Crippen LogP contribution is -2.40. The summed E-state index contributed by atoms with van der Waals surface area (Å²) in [7, 11) is 0. The Balaban J connectivity index is 1.68. The molecule has 3 heteroatoms. The second-order valence-electron chi connectivity index (χ2n) is 4.91. The molecule has 0 bridgehead atoms. The maximum absolute atomic E-state index is 6.03. The lowest BCUT2D eigenvalue weighted by Gasteiger charge is -2.33. The molecular weight excluding hydrogens is 188 g/mol. The SMILES string of the molecule is N[C@@H]1CCCC(N2Cc3cocc3C2)C1. The molecule has 0 amide bonds. The van der Waals surface area contributed by atoms with Crippen molar-refractivity contribution in [3.05, 3.63) is 23.7 Å². The first-order chi connectivity index (χ1) is 7.33. The van der Waals surface area contributed by atoms with Gasteiger partial charge in [-0.25, -0.2) is 0 Å². The summed E-state index contributed by atoms with van der Waals surface area (Å²) < 4.78 is 5.19. The molecule has 1 aromatic rings. The highest BCUT2D eigenvalue weighted by molar-refractivity contribution is 5.25. The molecule has 1 unspecified atom stereocenters. The van der Waals surface area contributed by atoms with Crippen molar-refractivity contribution < 1.29 is 4.42 Å². The van der Waals surface area contributed by atoms with Crippen molar-refractivity contribution in [2.45, 2.75) is 50.9 Å². The van der Waals surface area contributed by atoms with E-state index in [1.54, 1.807) is 0 Å². The first-order valence-electron chi connectivity index (χ1n) is 5.86. The van der Waals surface area contributed by atoms with Crippen molar-refractivity contribution >= 4 is 0 Å². The van der Waals surface area contributed by atoms with Crippen LogP contribution in [-0.4, -0.2) is 17.0 Å². The van der Waals surface area contributed by atoms with E-state index < -0.39 is 0 Å². The van der Waals surface area contributed by atoms with Crippen molar-refractivity contribution in [3.63, 3.8) is 0 Å². The van der Waals surface area contributed by atoms with Gasteiger partial charge in [0.2, 0.25) is 0 Å². The molecular formula is C12H18N2O. The molecule has 82 valence electrons. The number of rotatable bonds is 1. The van der Waals surface area contributed by atoms with E-state index in [0.717, 1.165) is 13.1 Å². The van der Waals surface area contributed by atoms with E-state index in [1.165, 1.54) is 36.8 Å². The standard InChI is InChI=1S/C12H18N2O/c13-11-2-1-3-12(4-11)14-5-9-7-15-8-10(9)6-14/h7-8,11-12H,1-6,13H2/t11-,12?/m1/s1. The number of hydrogen-bond acceptors (Lipinski definition) is 3. The third kappa shape index (κ3) is 1.70. The average molecular weight is 206 g/mol. The number of nitrogens with zero attached hydrogens (tertiary/aromatic N) is 1. The van der Waals surface area contributed by atoms with Crippen LogP contribution in [0.4, 0.5) is 0 Å². The zero-order chi connectivity index (χ0) is 10.3. The van der Waals surface area contributed by atoms with Gasteiger partial charge < -0.3 is 10.2 Å². The van der Waals surface area contributed by atoms with E-state index in [-0.39, 0.29) is 0 Å². The van der Waals surface area contributed by atoms with Crippen LogP contribution in [0.3, 0.4) is 0 Å². The van der Waals surface area contributed by atoms with E-state index in [4.69, 9.17) is 10.2 Å². The molecule has 2 heterocycles. The van der Waals surface area contributed by atoms with Crippen LogP contribution >= 0.6 is 0 Å². The molecule has 3 nitrogen and oxygen atoms in total. The molecule has 0 spiro atoms. The van der Waals surface area contributed by atoms with Gasteiger partial charge >= 0.3 is 0 Å². The van der Waals surface area contributed by atoms with Crippen LogP contribution in [0, 0.1) is 0 Å². The molecule has 0 aromatic carbocycles. The quantitative estimate of drug-likeness (QED) is 0.762. The Morgan fingerprint density at radius 3 is 2.60 bits per heavy atom. The van der Waals surface area contributed by atoms with Crippen LogP contribution < -0.4 is 5.73 Å². The summed E-state index contributed by atoms with van der Waals surface area (Å²) in [5.41, 5.74) is 8.77. The minimum Gasteiger partial charge on any atom is -0.472 e. The Bertz CT molecular complexity index is 327. The Kier molecular flexibility index (Phi) is 2.29. The molecule has 15 heavy (non-hydrogen) atoms. The molecule has 1 aliphatic carbocycles. The predicted octanol–water partition coefficient (Wildman–Crippen LogP) is 1.87. The molecule has 1 aliphatic heterocycles. The predicted molar refractivity (Wildman–Crippen MR) is 58.2 cm³/mol. The Morgan fingerprint density at radius 2 is 1.93 bits per heavy atom. The van der Waals surface area contributed by atoms with Gasteiger partial charge in [0, 0.05) is 36.3 Å². The topological polar surface area (TPSA) is 42.4 Å². The summed E-state index contributed by atoms with van der Waals surface area (Å²) in [4.78, 5) is 2.55. The lowest BCUT2D eigenvalue weighted by atomic mass is 9.91. The molecule has 1 aromatic heterocycles. The van der Waals surface area contributed by atoms with Crippen LogP contribution in [0.5, 0.6) is 0 Å². The smallest absolute Gasteiger partial charge is 0.0951 e. The summed E-state index contributed by atoms with van der Waals surface area (Å²) in [6.45, 7) is 2.12. The second kappa shape index (κ2) is 3.65. The molecule has 3 rings (SSSR count). The maximum Gasteiger partial charge on any atom is 0.0951 e. The van der Waals surface area contributed by atoms with Crippen molar-refractivity contribution in [2.75, 3.05) is 0 Å². The number of nitrogens with two attached hydrogens (primary N) is 1. The van der Waals surface area contributed by atoms with Crippen LogP contribution in [0.15, 0.2) is 16.9 Å². The highest BCUT2D eigenvalue weighted by Crippen LogP contribution is 2.30. The van der Waals surface area contributed by atoms with Gasteiger partial charge in [-0.3, -0.25) is 4.90 Å². The molecule has 2 N–H and O–H groups in total. The van der Waals surface area contributed by atoms with E-state index in [1.807, 2.05) is 12.5 Å². The van der Waals surface area contributed by atoms with Gasteiger partial charge in [0.15, 0.2) is 0 Å². The van der Waals surface area contributed by atoms with Crippen LogP contribution in [0.1, 0.15) is 36.8 Å². The average Bonchev–Trinajstić information content (AvgIpc) is 2.76. The number of furan rings is 1. The molecule has 1 fully saturated rings. The maximum atomic E-state index is 6.03. The zero-order valence-corrected chi connectivity index (χ0v) is 8.98. The van der Waals surface area contributed by atoms with Crippen molar-refractivity contribution in [1.82, 2.24) is 4.90 Å². The zero-order valence-electron chi connectivity index (χ0n) is 8.98. The largest absolute Gasteiger partial charge is 0.472 e. The Hall–Kier alpha value is -0.800. The molecule has 1 saturated carbocycles. The minimum absolute atomic E-state index is 0.420. The van der Waals surface area contributed by atoms with Crippen molar-refractivity contribution in [3.8, 4) is 0 Å². The Morgan fingerprint density at radius 1 is 1.20 bits per heavy atom. The number of fused-ring (bicyclic) bond motifs is 1. The fraction of sp³-hybridized carbons (Fsp3) is 0.667. The Labute approximate surface area is 90.2 Å². The van der Waals surface area contributed by atoms with Gasteiger partial charge in [-0.05, 0) is 19.3 Å². The number of hydrogen-bond donors (Lipinski definition) is 1. The monoisotopic (exact) mass is 206 g/mol. The third-order valence-electron chi connectivity index (χ3n) is 3.78. The summed E-state index contributed by atoms with van der Waals surface area (Å²) in [6.07, 6.45) is 8.75. The normalized spacial score (nSPS) is 31.8. The van der Waals surface area contributed by atoms with Gasteiger partial charge in [0.25, 0.3) is 0 Å². The third-order valence-corrected chi connectivity index (χ3v) is 3.78. The van der Waals surface area contributed by atoms with Crippen molar-refractivity contribution in [2.24, 2.45) is 5.73 Å². The summed E-state index contributed by atoms with van der Waals surface area (Å²) in [6, 6.07) is 1.12. The van der Waals surface area contributed by atoms with E-state index in [0.29, 0.717) is 12.1 Å². The summed E-state index contributed by atoms with van der Waals surface area (Å²) in [5.74, 6) is 0. The summed E-state index contributed by atoms with van der Waals surface area (Å²) in [5, 5.41) is 0. The van der Waals surface area contributed by atoms with Crippen molar-refractivity contribution in [1.29, 1.82) is 0 Å². The molecule has 2 atom stereocenters. The van der Waals surface area contributed by atoms with Crippen LogP contribution in [-0.2, 0) is 13.1 Å². The lowest BCUT2D eigenvalue weighted by molar-refractivity contribution is 0.145. The van der Waals surface area contributed by atoms with Crippen LogP contribution in [0.2, 0.25) is 0 Å². The van der Waals surface area contributed by atoms with Gasteiger partial charge in [-0.1, -0.05) is 6.42 Å². The first-order valence-corrected chi connectivity index (χ1v) is 5.86. The second-order valence-corrected chi connectivity index (χ2v) is 4.91.